The Morgan fingerprint density at radius 2 is 1.92 bits per heavy atom. The van der Waals surface area contributed by atoms with Crippen LogP contribution >= 0.6 is 27.5 Å². The first kappa shape index (κ1) is 18.7. The summed E-state index contributed by atoms with van der Waals surface area (Å²) in [5.74, 6) is -0.443. The van der Waals surface area contributed by atoms with Crippen LogP contribution in [0.1, 0.15) is 33.7 Å². The highest BCUT2D eigenvalue weighted by Crippen LogP contribution is 2.30. The second kappa shape index (κ2) is 7.11. The number of rotatable bonds is 3. The number of esters is 1. The Bertz CT molecular complexity index is 824. The van der Waals surface area contributed by atoms with Crippen LogP contribution in [0.5, 0.6) is 0 Å². The molecule has 0 saturated heterocycles. The van der Waals surface area contributed by atoms with Gasteiger partial charge in [-0.05, 0) is 63.1 Å². The molecular formula is C18H19BrClNO3. The van der Waals surface area contributed by atoms with Gasteiger partial charge in [-0.3, -0.25) is 4.79 Å². The van der Waals surface area contributed by atoms with E-state index in [1.807, 2.05) is 6.07 Å². The summed E-state index contributed by atoms with van der Waals surface area (Å²) in [4.78, 5) is 24.6. The highest BCUT2D eigenvalue weighted by Gasteiger charge is 2.23. The van der Waals surface area contributed by atoms with Crippen molar-refractivity contribution < 1.29 is 9.53 Å². The molecule has 0 N–H and O–H groups in total. The molecular weight excluding hydrogens is 394 g/mol. The first-order chi connectivity index (χ1) is 11.1. The predicted molar refractivity (Wildman–Crippen MR) is 99.4 cm³/mol. The molecule has 0 unspecified atom stereocenters. The molecule has 6 heteroatoms. The Morgan fingerprint density at radius 3 is 2.50 bits per heavy atom. The summed E-state index contributed by atoms with van der Waals surface area (Å²) in [6.45, 7) is 7.02. The number of hydrogen-bond donors (Lipinski definition) is 0. The van der Waals surface area contributed by atoms with Crippen molar-refractivity contribution in [3.8, 4) is 11.1 Å². The molecule has 0 bridgehead atoms. The molecule has 1 aromatic heterocycles. The lowest BCUT2D eigenvalue weighted by Crippen LogP contribution is -2.33. The number of benzene rings is 1. The largest absolute Gasteiger partial charge is 0.458 e. The molecule has 2 rings (SSSR count). The van der Waals surface area contributed by atoms with E-state index >= 15 is 0 Å². The zero-order chi connectivity index (χ0) is 18.1. The van der Waals surface area contributed by atoms with Gasteiger partial charge in [0.2, 0.25) is 0 Å². The Labute approximate surface area is 154 Å². The van der Waals surface area contributed by atoms with Gasteiger partial charge in [0.15, 0.2) is 0 Å². The molecule has 0 amide bonds. The first-order valence-corrected chi connectivity index (χ1v) is 8.66. The molecule has 0 spiro atoms. The average molecular weight is 413 g/mol. The topological polar surface area (TPSA) is 48.3 Å². The summed E-state index contributed by atoms with van der Waals surface area (Å²) < 4.78 is 7.53. The summed E-state index contributed by atoms with van der Waals surface area (Å²) in [6.07, 6.45) is 1.60. The average Bonchev–Trinajstić information content (AvgIpc) is 2.47. The fourth-order valence-corrected chi connectivity index (χ4v) is 2.84. The standard InChI is InChI=1S/C18H19BrClNO3/c1-11(17(23)24-18(2,3)4)21-8-7-12(9-16(21)22)14-10-13(20)5-6-15(14)19/h5-11H,1-4H3/t11-/m0/s1. The van der Waals surface area contributed by atoms with E-state index in [0.29, 0.717) is 5.02 Å². The molecule has 0 radical (unpaired) electrons. The number of ether oxygens (including phenoxy) is 1. The molecule has 0 aliphatic carbocycles. The van der Waals surface area contributed by atoms with Crippen LogP contribution < -0.4 is 5.56 Å². The molecule has 1 atom stereocenters. The zero-order valence-electron chi connectivity index (χ0n) is 14.0. The fourth-order valence-electron chi connectivity index (χ4n) is 2.20. The molecule has 1 heterocycles. The molecule has 0 aliphatic heterocycles. The number of carbonyl (C=O) groups is 1. The third-order valence-corrected chi connectivity index (χ3v) is 4.28. The molecule has 4 nitrogen and oxygen atoms in total. The van der Waals surface area contributed by atoms with E-state index in [-0.39, 0.29) is 5.56 Å². The Morgan fingerprint density at radius 1 is 1.25 bits per heavy atom. The van der Waals surface area contributed by atoms with E-state index in [1.54, 1.807) is 52.1 Å². The van der Waals surface area contributed by atoms with Crippen molar-refractivity contribution in [3.63, 3.8) is 0 Å². The summed E-state index contributed by atoms with van der Waals surface area (Å²) in [5.41, 5.74) is 0.664. The van der Waals surface area contributed by atoms with Gasteiger partial charge in [0.1, 0.15) is 11.6 Å². The lowest BCUT2D eigenvalue weighted by molar-refractivity contribution is -0.158. The van der Waals surface area contributed by atoms with Gasteiger partial charge in [-0.15, -0.1) is 0 Å². The molecule has 24 heavy (non-hydrogen) atoms. The second-order valence-corrected chi connectivity index (χ2v) is 7.79. The SMILES string of the molecule is C[C@@H](C(=O)OC(C)(C)C)n1ccc(-c2cc(Cl)ccc2Br)cc1=O. The van der Waals surface area contributed by atoms with Gasteiger partial charge >= 0.3 is 5.97 Å². The lowest BCUT2D eigenvalue weighted by Gasteiger charge is -2.23. The summed E-state index contributed by atoms with van der Waals surface area (Å²) >= 11 is 9.48. The number of aromatic nitrogens is 1. The summed E-state index contributed by atoms with van der Waals surface area (Å²) in [6, 6.07) is 7.93. The van der Waals surface area contributed by atoms with Gasteiger partial charge in [0.25, 0.3) is 5.56 Å². The monoisotopic (exact) mass is 411 g/mol. The maximum absolute atomic E-state index is 12.4. The minimum atomic E-state index is -0.700. The van der Waals surface area contributed by atoms with Gasteiger partial charge in [-0.25, -0.2) is 4.79 Å². The van der Waals surface area contributed by atoms with Crippen molar-refractivity contribution in [2.75, 3.05) is 0 Å². The van der Waals surface area contributed by atoms with E-state index in [1.165, 1.54) is 10.6 Å². The number of hydrogen-bond acceptors (Lipinski definition) is 3. The van der Waals surface area contributed by atoms with Gasteiger partial charge in [-0.1, -0.05) is 27.5 Å². The van der Waals surface area contributed by atoms with Gasteiger partial charge in [0.05, 0.1) is 0 Å². The quantitative estimate of drug-likeness (QED) is 0.678. The van der Waals surface area contributed by atoms with Crippen molar-refractivity contribution in [3.05, 3.63) is 56.4 Å². The molecule has 2 aromatic rings. The van der Waals surface area contributed by atoms with Crippen LogP contribution in [0.4, 0.5) is 0 Å². The number of pyridine rings is 1. The van der Waals surface area contributed by atoms with Crippen LogP contribution in [-0.4, -0.2) is 16.1 Å². The van der Waals surface area contributed by atoms with Gasteiger partial charge in [-0.2, -0.15) is 0 Å². The van der Waals surface area contributed by atoms with Gasteiger partial charge < -0.3 is 9.30 Å². The van der Waals surface area contributed by atoms with E-state index in [4.69, 9.17) is 16.3 Å². The normalized spacial score (nSPS) is 12.8. The minimum Gasteiger partial charge on any atom is -0.458 e. The fraction of sp³-hybridized carbons (Fsp3) is 0.333. The molecule has 1 aromatic carbocycles. The van der Waals surface area contributed by atoms with Crippen LogP contribution in [-0.2, 0) is 9.53 Å². The zero-order valence-corrected chi connectivity index (χ0v) is 16.3. The maximum atomic E-state index is 12.4. The summed E-state index contributed by atoms with van der Waals surface area (Å²) in [5, 5.41) is 0.583. The number of nitrogens with zero attached hydrogens (tertiary/aromatic N) is 1. The lowest BCUT2D eigenvalue weighted by atomic mass is 10.1. The third-order valence-electron chi connectivity index (χ3n) is 3.35. The number of carbonyl (C=O) groups excluding carboxylic acids is 1. The summed E-state index contributed by atoms with van der Waals surface area (Å²) in [7, 11) is 0. The van der Waals surface area contributed by atoms with E-state index in [9.17, 15) is 9.59 Å². The van der Waals surface area contributed by atoms with E-state index in [0.717, 1.165) is 15.6 Å². The molecule has 128 valence electrons. The Hall–Kier alpha value is -1.59. The predicted octanol–water partition coefficient (Wildman–Crippen LogP) is 4.83. The minimum absolute atomic E-state index is 0.280. The van der Waals surface area contributed by atoms with Crippen molar-refractivity contribution in [1.29, 1.82) is 0 Å². The molecule has 0 saturated carbocycles. The molecule has 0 fully saturated rings. The Balaban J connectivity index is 2.35. The van der Waals surface area contributed by atoms with Crippen molar-refractivity contribution in [1.82, 2.24) is 4.57 Å². The van der Waals surface area contributed by atoms with Crippen molar-refractivity contribution >= 4 is 33.5 Å². The Kier molecular flexibility index (Phi) is 5.56. The number of halogens is 2. The van der Waals surface area contributed by atoms with Crippen LogP contribution in [0.2, 0.25) is 5.02 Å². The van der Waals surface area contributed by atoms with Crippen LogP contribution in [0.25, 0.3) is 11.1 Å². The first-order valence-electron chi connectivity index (χ1n) is 7.49. The van der Waals surface area contributed by atoms with E-state index < -0.39 is 17.6 Å². The van der Waals surface area contributed by atoms with Crippen molar-refractivity contribution in [2.45, 2.75) is 39.3 Å². The highest BCUT2D eigenvalue weighted by atomic mass is 79.9. The van der Waals surface area contributed by atoms with Crippen LogP contribution in [0.3, 0.4) is 0 Å². The smallest absolute Gasteiger partial charge is 0.329 e. The third kappa shape index (κ3) is 4.48. The highest BCUT2D eigenvalue weighted by molar-refractivity contribution is 9.10. The van der Waals surface area contributed by atoms with Crippen molar-refractivity contribution in [2.24, 2.45) is 0 Å². The van der Waals surface area contributed by atoms with Gasteiger partial charge in [0, 0.05) is 21.8 Å². The maximum Gasteiger partial charge on any atom is 0.329 e. The second-order valence-electron chi connectivity index (χ2n) is 6.49. The van der Waals surface area contributed by atoms with E-state index in [2.05, 4.69) is 15.9 Å². The molecule has 0 aliphatic rings. The van der Waals surface area contributed by atoms with Crippen LogP contribution in [0, 0.1) is 0 Å². The van der Waals surface area contributed by atoms with Crippen LogP contribution in [0.15, 0.2) is 45.8 Å².